The standard InChI is InChI=1S/C24H25NO10/c1-14(26)32-21-13-31-24(23(34-16(3)28)22(21)33-15(2)27)35-20-10-6-18(7-11-20)12-17-4-8-19(9-5-17)25(29)30/h4-11,21-24H,12-13H2,1-3H3/t21-,22+,23-,24+/m1/s1. The molecule has 0 N–H and O–H groups in total. The van der Waals surface area contributed by atoms with E-state index >= 15 is 0 Å². The molecule has 0 radical (unpaired) electrons. The quantitative estimate of drug-likeness (QED) is 0.236. The molecule has 186 valence electrons. The van der Waals surface area contributed by atoms with Crippen LogP contribution in [0.5, 0.6) is 5.75 Å². The molecule has 1 heterocycles. The predicted octanol–water partition coefficient (Wildman–Crippen LogP) is 2.72. The molecule has 11 heteroatoms. The van der Waals surface area contributed by atoms with Gasteiger partial charge >= 0.3 is 17.9 Å². The highest BCUT2D eigenvalue weighted by Gasteiger charge is 2.48. The molecule has 0 aliphatic carbocycles. The van der Waals surface area contributed by atoms with Crippen molar-refractivity contribution < 1.29 is 43.0 Å². The van der Waals surface area contributed by atoms with E-state index in [1.165, 1.54) is 32.9 Å². The Kier molecular flexibility index (Phi) is 8.37. The number of hydrogen-bond acceptors (Lipinski definition) is 10. The molecule has 0 saturated carbocycles. The maximum Gasteiger partial charge on any atom is 0.303 e. The molecule has 2 aromatic carbocycles. The Labute approximate surface area is 201 Å². The second-order valence-electron chi connectivity index (χ2n) is 7.86. The van der Waals surface area contributed by atoms with E-state index in [0.717, 1.165) is 11.1 Å². The topological polar surface area (TPSA) is 140 Å². The van der Waals surface area contributed by atoms with Gasteiger partial charge < -0.3 is 23.7 Å². The molecule has 1 aliphatic heterocycles. The molecule has 0 spiro atoms. The van der Waals surface area contributed by atoms with E-state index in [9.17, 15) is 24.5 Å². The summed E-state index contributed by atoms with van der Waals surface area (Å²) in [4.78, 5) is 45.2. The second-order valence-corrected chi connectivity index (χ2v) is 7.86. The van der Waals surface area contributed by atoms with Crippen LogP contribution in [-0.4, -0.2) is 54.0 Å². The van der Waals surface area contributed by atoms with E-state index in [4.69, 9.17) is 23.7 Å². The number of carbonyl (C=O) groups is 3. The third-order valence-electron chi connectivity index (χ3n) is 5.04. The van der Waals surface area contributed by atoms with Crippen molar-refractivity contribution in [1.29, 1.82) is 0 Å². The van der Waals surface area contributed by atoms with E-state index in [1.807, 2.05) is 12.1 Å². The van der Waals surface area contributed by atoms with Gasteiger partial charge in [-0.25, -0.2) is 0 Å². The zero-order valence-electron chi connectivity index (χ0n) is 19.4. The van der Waals surface area contributed by atoms with Gasteiger partial charge in [0.2, 0.25) is 12.4 Å². The average molecular weight is 487 g/mol. The van der Waals surface area contributed by atoms with Crippen LogP contribution in [0.4, 0.5) is 5.69 Å². The number of esters is 3. The van der Waals surface area contributed by atoms with Crippen molar-refractivity contribution >= 4 is 23.6 Å². The van der Waals surface area contributed by atoms with E-state index < -0.39 is 47.4 Å². The number of benzene rings is 2. The minimum Gasteiger partial charge on any atom is -0.461 e. The number of ether oxygens (including phenoxy) is 5. The first-order valence-corrected chi connectivity index (χ1v) is 10.7. The summed E-state index contributed by atoms with van der Waals surface area (Å²) in [5, 5.41) is 10.8. The highest BCUT2D eigenvalue weighted by molar-refractivity contribution is 5.68. The maximum atomic E-state index is 11.7. The van der Waals surface area contributed by atoms with Gasteiger partial charge in [0.25, 0.3) is 5.69 Å². The van der Waals surface area contributed by atoms with Crippen LogP contribution in [0.3, 0.4) is 0 Å². The monoisotopic (exact) mass is 487 g/mol. The normalized spacial score (nSPS) is 21.5. The Morgan fingerprint density at radius 3 is 1.89 bits per heavy atom. The SMILES string of the molecule is CC(=O)O[C@@H]1[C@@H](OC(C)=O)[C@H](Oc2ccc(Cc3ccc([N+](=O)[O-])cc3)cc2)OC[C@H]1OC(C)=O. The Morgan fingerprint density at radius 1 is 0.857 bits per heavy atom. The third kappa shape index (κ3) is 7.24. The van der Waals surface area contributed by atoms with Crippen molar-refractivity contribution in [3.8, 4) is 5.75 Å². The number of carbonyl (C=O) groups excluding carboxylic acids is 3. The van der Waals surface area contributed by atoms with Gasteiger partial charge in [-0.2, -0.15) is 0 Å². The fourth-order valence-corrected chi connectivity index (χ4v) is 3.60. The molecule has 0 aromatic heterocycles. The number of rotatable bonds is 8. The first kappa shape index (κ1) is 25.6. The number of non-ortho nitro benzene ring substituents is 1. The fourth-order valence-electron chi connectivity index (χ4n) is 3.60. The van der Waals surface area contributed by atoms with Crippen molar-refractivity contribution in [3.63, 3.8) is 0 Å². The predicted molar refractivity (Wildman–Crippen MR) is 119 cm³/mol. The molecule has 0 unspecified atom stereocenters. The van der Waals surface area contributed by atoms with Crippen LogP contribution in [0.1, 0.15) is 31.9 Å². The Bertz CT molecular complexity index is 1070. The lowest BCUT2D eigenvalue weighted by atomic mass is 10.0. The maximum absolute atomic E-state index is 11.7. The molecule has 1 saturated heterocycles. The molecule has 35 heavy (non-hydrogen) atoms. The van der Waals surface area contributed by atoms with Crippen LogP contribution in [0.15, 0.2) is 48.5 Å². The molecule has 1 aliphatic rings. The summed E-state index contributed by atoms with van der Waals surface area (Å²) in [7, 11) is 0. The van der Waals surface area contributed by atoms with Crippen molar-refractivity contribution in [3.05, 3.63) is 69.8 Å². The molecule has 1 fully saturated rings. The Balaban J connectivity index is 1.72. The van der Waals surface area contributed by atoms with E-state index in [-0.39, 0.29) is 12.3 Å². The summed E-state index contributed by atoms with van der Waals surface area (Å²) >= 11 is 0. The highest BCUT2D eigenvalue weighted by atomic mass is 16.7. The van der Waals surface area contributed by atoms with Crippen LogP contribution in [0, 0.1) is 10.1 Å². The lowest BCUT2D eigenvalue weighted by Crippen LogP contribution is -2.59. The smallest absolute Gasteiger partial charge is 0.303 e. The third-order valence-corrected chi connectivity index (χ3v) is 5.04. The van der Waals surface area contributed by atoms with Gasteiger partial charge in [0.05, 0.1) is 11.5 Å². The summed E-state index contributed by atoms with van der Waals surface area (Å²) in [6.07, 6.45) is -3.87. The van der Waals surface area contributed by atoms with Gasteiger partial charge in [0, 0.05) is 32.9 Å². The molecule has 4 atom stereocenters. The fraction of sp³-hybridized carbons (Fsp3) is 0.375. The number of nitro groups is 1. The van der Waals surface area contributed by atoms with Crippen LogP contribution in [0.25, 0.3) is 0 Å². The largest absolute Gasteiger partial charge is 0.461 e. The van der Waals surface area contributed by atoms with Crippen LogP contribution in [0.2, 0.25) is 0 Å². The van der Waals surface area contributed by atoms with Crippen molar-refractivity contribution in [2.24, 2.45) is 0 Å². The number of nitrogens with zero attached hydrogens (tertiary/aromatic N) is 1. The minimum absolute atomic E-state index is 0.0234. The minimum atomic E-state index is -1.19. The Hall–Kier alpha value is -3.99. The highest BCUT2D eigenvalue weighted by Crippen LogP contribution is 2.27. The molecule has 0 amide bonds. The summed E-state index contributed by atoms with van der Waals surface area (Å²) in [6, 6.07) is 13.3. The zero-order valence-corrected chi connectivity index (χ0v) is 19.4. The van der Waals surface area contributed by atoms with E-state index in [0.29, 0.717) is 12.2 Å². The van der Waals surface area contributed by atoms with Gasteiger partial charge in [-0.05, 0) is 29.7 Å². The summed E-state index contributed by atoms with van der Waals surface area (Å²) < 4.78 is 27.3. The van der Waals surface area contributed by atoms with Gasteiger partial charge in [-0.1, -0.05) is 24.3 Å². The molecule has 2 aromatic rings. The lowest BCUT2D eigenvalue weighted by molar-refractivity contribution is -0.384. The zero-order chi connectivity index (χ0) is 25.5. The lowest BCUT2D eigenvalue weighted by Gasteiger charge is -2.40. The molecule has 11 nitrogen and oxygen atoms in total. The van der Waals surface area contributed by atoms with E-state index in [1.54, 1.807) is 24.3 Å². The van der Waals surface area contributed by atoms with Crippen LogP contribution < -0.4 is 4.74 Å². The van der Waals surface area contributed by atoms with Crippen LogP contribution >= 0.6 is 0 Å². The Morgan fingerprint density at radius 2 is 1.37 bits per heavy atom. The van der Waals surface area contributed by atoms with Gasteiger partial charge in [0.15, 0.2) is 12.2 Å². The molecular weight excluding hydrogens is 462 g/mol. The number of hydrogen-bond donors (Lipinski definition) is 0. The van der Waals surface area contributed by atoms with Gasteiger partial charge in [-0.15, -0.1) is 0 Å². The average Bonchev–Trinajstić information content (AvgIpc) is 2.78. The van der Waals surface area contributed by atoms with Gasteiger partial charge in [-0.3, -0.25) is 24.5 Å². The van der Waals surface area contributed by atoms with Gasteiger partial charge in [0.1, 0.15) is 5.75 Å². The molecular formula is C24H25NO10. The summed E-state index contributed by atoms with van der Waals surface area (Å²) in [5.74, 6) is -1.53. The van der Waals surface area contributed by atoms with E-state index in [2.05, 4.69) is 0 Å². The molecule has 0 bridgehead atoms. The summed E-state index contributed by atoms with van der Waals surface area (Å²) in [6.45, 7) is 3.43. The molecule has 3 rings (SSSR count). The summed E-state index contributed by atoms with van der Waals surface area (Å²) in [5.41, 5.74) is 1.85. The second kappa shape index (κ2) is 11.4. The van der Waals surface area contributed by atoms with Crippen molar-refractivity contribution in [1.82, 2.24) is 0 Å². The van der Waals surface area contributed by atoms with Crippen molar-refractivity contribution in [2.75, 3.05) is 6.61 Å². The van der Waals surface area contributed by atoms with Crippen LogP contribution in [-0.2, 0) is 39.8 Å². The van der Waals surface area contributed by atoms with Crippen molar-refractivity contribution in [2.45, 2.75) is 51.8 Å². The number of nitro benzene ring substituents is 1. The first-order chi connectivity index (χ1) is 16.6. The first-order valence-electron chi connectivity index (χ1n) is 10.7.